The lowest BCUT2D eigenvalue weighted by atomic mass is 10.1. The van der Waals surface area contributed by atoms with Gasteiger partial charge in [0.2, 0.25) is 5.78 Å². The van der Waals surface area contributed by atoms with Gasteiger partial charge in [-0.15, -0.1) is 11.3 Å². The van der Waals surface area contributed by atoms with Crippen LogP contribution in [-0.2, 0) is 0 Å². The Hall–Kier alpha value is -0.780. The molecule has 0 aliphatic heterocycles. The molecule has 0 aliphatic rings. The highest BCUT2D eigenvalue weighted by molar-refractivity contribution is 9.10. The minimum atomic E-state index is -1.09. The maximum atomic E-state index is 13.1. The quantitative estimate of drug-likeness (QED) is 0.575. The molecule has 0 N–H and O–H groups in total. The van der Waals surface area contributed by atoms with Gasteiger partial charge in [-0.3, -0.25) is 4.79 Å². The van der Waals surface area contributed by atoms with Crippen molar-refractivity contribution < 1.29 is 13.6 Å². The number of ketones is 1. The van der Waals surface area contributed by atoms with E-state index in [9.17, 15) is 13.6 Å². The first-order chi connectivity index (χ1) is 8.00. The molecule has 0 saturated carbocycles. The summed E-state index contributed by atoms with van der Waals surface area (Å²) in [6.07, 6.45) is 0. The van der Waals surface area contributed by atoms with Gasteiger partial charge in [-0.05, 0) is 39.5 Å². The zero-order valence-electron chi connectivity index (χ0n) is 8.14. The van der Waals surface area contributed by atoms with Crippen LogP contribution in [0, 0.1) is 11.6 Å². The maximum absolute atomic E-state index is 13.1. The van der Waals surface area contributed by atoms with E-state index in [-0.39, 0.29) is 10.6 Å². The smallest absolute Gasteiger partial charge is 0.205 e. The molecule has 1 heterocycles. The number of rotatable bonds is 2. The minimum absolute atomic E-state index is 0.0475. The van der Waals surface area contributed by atoms with Crippen LogP contribution in [-0.4, -0.2) is 5.78 Å². The standard InChI is InChI=1S/C11H4BrClF2OS/c12-6-1-2-17-11(6)10(16)5-3-8(14)9(15)4-7(5)13/h1-4H. The molecule has 88 valence electrons. The highest BCUT2D eigenvalue weighted by Crippen LogP contribution is 2.29. The summed E-state index contributed by atoms with van der Waals surface area (Å²) in [6.45, 7) is 0. The van der Waals surface area contributed by atoms with Gasteiger partial charge < -0.3 is 0 Å². The van der Waals surface area contributed by atoms with Gasteiger partial charge in [-0.1, -0.05) is 11.6 Å². The van der Waals surface area contributed by atoms with Crippen LogP contribution in [0.4, 0.5) is 8.78 Å². The molecule has 0 radical (unpaired) electrons. The van der Waals surface area contributed by atoms with E-state index in [2.05, 4.69) is 15.9 Å². The molecule has 0 saturated heterocycles. The van der Waals surface area contributed by atoms with E-state index in [1.807, 2.05) is 0 Å². The van der Waals surface area contributed by atoms with Crippen molar-refractivity contribution >= 4 is 44.7 Å². The molecular formula is C11H4BrClF2OS. The van der Waals surface area contributed by atoms with Crippen molar-refractivity contribution in [2.24, 2.45) is 0 Å². The number of halogens is 4. The Morgan fingerprint density at radius 3 is 2.53 bits per heavy atom. The fraction of sp³-hybridized carbons (Fsp3) is 0. The Kier molecular flexibility index (Phi) is 3.61. The van der Waals surface area contributed by atoms with Gasteiger partial charge in [-0.25, -0.2) is 8.78 Å². The van der Waals surface area contributed by atoms with Crippen molar-refractivity contribution in [2.75, 3.05) is 0 Å². The van der Waals surface area contributed by atoms with Gasteiger partial charge in [0.1, 0.15) is 0 Å². The summed E-state index contributed by atoms with van der Waals surface area (Å²) < 4.78 is 26.5. The summed E-state index contributed by atoms with van der Waals surface area (Å²) in [5.74, 6) is -2.60. The number of hydrogen-bond acceptors (Lipinski definition) is 2. The summed E-state index contributed by atoms with van der Waals surface area (Å²) in [7, 11) is 0. The molecule has 1 nitrogen and oxygen atoms in total. The molecule has 0 amide bonds. The molecule has 0 unspecified atom stereocenters. The molecule has 0 fully saturated rings. The van der Waals surface area contributed by atoms with E-state index in [1.54, 1.807) is 11.4 Å². The number of hydrogen-bond donors (Lipinski definition) is 0. The fourth-order valence-corrected chi connectivity index (χ4v) is 3.02. The molecule has 6 heteroatoms. The molecule has 1 aromatic heterocycles. The minimum Gasteiger partial charge on any atom is -0.288 e. The SMILES string of the molecule is O=C(c1cc(F)c(F)cc1Cl)c1sccc1Br. The largest absolute Gasteiger partial charge is 0.288 e. The second-order valence-electron chi connectivity index (χ2n) is 3.17. The zero-order valence-corrected chi connectivity index (χ0v) is 11.3. The average Bonchev–Trinajstić information content (AvgIpc) is 2.69. The second kappa shape index (κ2) is 4.84. The van der Waals surface area contributed by atoms with E-state index in [0.717, 1.165) is 12.1 Å². The van der Waals surface area contributed by atoms with E-state index >= 15 is 0 Å². The third-order valence-corrected chi connectivity index (χ3v) is 4.23. The molecule has 0 atom stereocenters. The lowest BCUT2D eigenvalue weighted by Crippen LogP contribution is -2.02. The van der Waals surface area contributed by atoms with Crippen molar-refractivity contribution in [3.63, 3.8) is 0 Å². The third kappa shape index (κ3) is 2.41. The van der Waals surface area contributed by atoms with Gasteiger partial charge in [0.15, 0.2) is 11.6 Å². The maximum Gasteiger partial charge on any atom is 0.205 e. The first-order valence-corrected chi connectivity index (χ1v) is 6.48. The Morgan fingerprint density at radius 2 is 1.94 bits per heavy atom. The van der Waals surface area contributed by atoms with Crippen molar-refractivity contribution in [1.82, 2.24) is 0 Å². The highest BCUT2D eigenvalue weighted by Gasteiger charge is 2.19. The van der Waals surface area contributed by atoms with Gasteiger partial charge in [-0.2, -0.15) is 0 Å². The predicted octanol–water partition coefficient (Wildman–Crippen LogP) is 4.67. The van der Waals surface area contributed by atoms with Crippen LogP contribution in [0.5, 0.6) is 0 Å². The molecule has 2 rings (SSSR count). The molecule has 0 aliphatic carbocycles. The normalized spacial score (nSPS) is 10.6. The number of thiophene rings is 1. The average molecular weight is 338 g/mol. The van der Waals surface area contributed by atoms with Gasteiger partial charge in [0.25, 0.3) is 0 Å². The number of carbonyl (C=O) groups is 1. The summed E-state index contributed by atoms with van der Waals surface area (Å²) in [5.41, 5.74) is -0.0475. The topological polar surface area (TPSA) is 17.1 Å². The second-order valence-corrected chi connectivity index (χ2v) is 5.35. The van der Waals surface area contributed by atoms with Crippen LogP contribution in [0.2, 0.25) is 5.02 Å². The van der Waals surface area contributed by atoms with Crippen LogP contribution in [0.1, 0.15) is 15.2 Å². The molecule has 17 heavy (non-hydrogen) atoms. The zero-order chi connectivity index (χ0) is 12.6. The molecule has 0 bridgehead atoms. The molecule has 0 spiro atoms. The Balaban J connectivity index is 2.52. The van der Waals surface area contributed by atoms with Crippen molar-refractivity contribution in [3.05, 3.63) is 55.1 Å². The summed E-state index contributed by atoms with van der Waals surface area (Å²) in [5, 5.41) is 1.61. The Morgan fingerprint density at radius 1 is 1.29 bits per heavy atom. The van der Waals surface area contributed by atoms with E-state index < -0.39 is 17.4 Å². The van der Waals surface area contributed by atoms with Gasteiger partial charge in [0.05, 0.1) is 9.90 Å². The van der Waals surface area contributed by atoms with E-state index in [1.165, 1.54) is 11.3 Å². The van der Waals surface area contributed by atoms with Crippen LogP contribution in [0.25, 0.3) is 0 Å². The van der Waals surface area contributed by atoms with Gasteiger partial charge >= 0.3 is 0 Å². The van der Waals surface area contributed by atoms with Crippen LogP contribution >= 0.6 is 38.9 Å². The summed E-state index contributed by atoms with van der Waals surface area (Å²) in [6, 6.07) is 3.31. The van der Waals surface area contributed by atoms with Crippen molar-refractivity contribution in [3.8, 4) is 0 Å². The number of benzene rings is 1. The van der Waals surface area contributed by atoms with Crippen LogP contribution < -0.4 is 0 Å². The van der Waals surface area contributed by atoms with Gasteiger partial charge in [0, 0.05) is 10.0 Å². The lowest BCUT2D eigenvalue weighted by molar-refractivity contribution is 0.104. The summed E-state index contributed by atoms with van der Waals surface area (Å²) >= 11 is 10.1. The fourth-order valence-electron chi connectivity index (χ4n) is 1.27. The van der Waals surface area contributed by atoms with Crippen LogP contribution in [0.15, 0.2) is 28.1 Å². The Labute approximate surface area is 113 Å². The predicted molar refractivity (Wildman–Crippen MR) is 66.8 cm³/mol. The first kappa shape index (κ1) is 12.7. The highest BCUT2D eigenvalue weighted by atomic mass is 79.9. The lowest BCUT2D eigenvalue weighted by Gasteiger charge is -2.03. The Bertz CT molecular complexity index is 597. The first-order valence-electron chi connectivity index (χ1n) is 4.43. The third-order valence-electron chi connectivity index (χ3n) is 2.08. The number of carbonyl (C=O) groups excluding carboxylic acids is 1. The summed E-state index contributed by atoms with van der Waals surface area (Å²) in [4.78, 5) is 12.4. The molecule has 1 aromatic carbocycles. The van der Waals surface area contributed by atoms with E-state index in [4.69, 9.17) is 11.6 Å². The van der Waals surface area contributed by atoms with E-state index in [0.29, 0.717) is 9.35 Å². The molecular weight excluding hydrogens is 334 g/mol. The molecule has 2 aromatic rings. The van der Waals surface area contributed by atoms with Crippen molar-refractivity contribution in [1.29, 1.82) is 0 Å². The monoisotopic (exact) mass is 336 g/mol. The van der Waals surface area contributed by atoms with Crippen molar-refractivity contribution in [2.45, 2.75) is 0 Å². The van der Waals surface area contributed by atoms with Crippen LogP contribution in [0.3, 0.4) is 0 Å².